The van der Waals surface area contributed by atoms with Crippen molar-refractivity contribution in [2.45, 2.75) is 52.7 Å². The third-order valence-corrected chi connectivity index (χ3v) is 4.94. The predicted octanol–water partition coefficient (Wildman–Crippen LogP) is 6.20. The Morgan fingerprint density at radius 2 is 1.93 bits per heavy atom. The molecule has 0 fully saturated rings. The van der Waals surface area contributed by atoms with E-state index >= 15 is 0 Å². The van der Waals surface area contributed by atoms with E-state index in [0.717, 1.165) is 16.5 Å². The van der Waals surface area contributed by atoms with E-state index < -0.39 is 5.60 Å². The van der Waals surface area contributed by atoms with Crippen LogP contribution in [-0.2, 0) is 4.74 Å². The van der Waals surface area contributed by atoms with Gasteiger partial charge in [-0.05, 0) is 46.2 Å². The highest BCUT2D eigenvalue weighted by Gasteiger charge is 2.28. The van der Waals surface area contributed by atoms with E-state index in [1.54, 1.807) is 17.3 Å². The number of hydrogen-bond acceptors (Lipinski definition) is 5. The molecule has 1 aromatic carbocycles. The lowest BCUT2D eigenvalue weighted by molar-refractivity contribution is 0.0166. The third kappa shape index (κ3) is 5.30. The Labute approximate surface area is 185 Å². The maximum absolute atomic E-state index is 12.7. The second kappa shape index (κ2) is 9.04. The summed E-state index contributed by atoms with van der Waals surface area (Å²) in [5.74, 6) is 1.76. The molecule has 7 nitrogen and oxygen atoms in total. The Kier molecular flexibility index (Phi) is 6.65. The van der Waals surface area contributed by atoms with Crippen molar-refractivity contribution in [1.82, 2.24) is 19.9 Å². The van der Waals surface area contributed by atoms with Crippen molar-refractivity contribution in [3.8, 4) is 22.9 Å². The highest BCUT2D eigenvalue weighted by atomic mass is 79.9. The van der Waals surface area contributed by atoms with Crippen molar-refractivity contribution in [2.24, 2.45) is 0 Å². The number of imidazole rings is 1. The summed E-state index contributed by atoms with van der Waals surface area (Å²) in [6.45, 7) is 10.1. The predicted molar refractivity (Wildman–Crippen MR) is 119 cm³/mol. The van der Waals surface area contributed by atoms with Gasteiger partial charge in [0.15, 0.2) is 5.76 Å². The normalized spacial score (nSPS) is 12.6. The largest absolute Gasteiger partial charge is 0.444 e. The van der Waals surface area contributed by atoms with Crippen LogP contribution in [0.4, 0.5) is 4.79 Å². The molecule has 0 aliphatic carbocycles. The molecular weight excluding hydrogens is 448 g/mol. The van der Waals surface area contributed by atoms with Crippen LogP contribution in [0.1, 0.15) is 52.9 Å². The SMILES string of the molecule is CCCN(C(=O)OC(C)(C)C)[C@@H](C)c1ncc(-c2ncc(-c3ccc(Br)cc3)o2)[nH]1. The molecule has 0 aliphatic heterocycles. The average molecular weight is 475 g/mol. The Bertz CT molecular complexity index is 988. The number of halogens is 1. The minimum absolute atomic E-state index is 0.283. The van der Waals surface area contributed by atoms with Gasteiger partial charge in [0.1, 0.15) is 17.1 Å². The fourth-order valence-electron chi connectivity index (χ4n) is 2.96. The first kappa shape index (κ1) is 22.1. The molecule has 1 N–H and O–H groups in total. The van der Waals surface area contributed by atoms with E-state index in [9.17, 15) is 4.79 Å². The summed E-state index contributed by atoms with van der Waals surface area (Å²) >= 11 is 3.43. The first-order chi connectivity index (χ1) is 14.2. The molecule has 30 heavy (non-hydrogen) atoms. The molecule has 1 amide bonds. The van der Waals surface area contributed by atoms with Crippen molar-refractivity contribution in [3.05, 3.63) is 47.0 Å². The lowest BCUT2D eigenvalue weighted by Crippen LogP contribution is -2.39. The Morgan fingerprint density at radius 1 is 1.23 bits per heavy atom. The van der Waals surface area contributed by atoms with E-state index in [4.69, 9.17) is 9.15 Å². The van der Waals surface area contributed by atoms with E-state index in [2.05, 4.69) is 30.9 Å². The number of oxazole rings is 1. The number of nitrogens with one attached hydrogen (secondary N) is 1. The Hall–Kier alpha value is -2.61. The summed E-state index contributed by atoms with van der Waals surface area (Å²) in [6, 6.07) is 7.53. The highest BCUT2D eigenvalue weighted by Crippen LogP contribution is 2.28. The number of aromatic nitrogens is 3. The molecule has 8 heteroatoms. The van der Waals surface area contributed by atoms with E-state index in [1.807, 2.05) is 58.9 Å². The average Bonchev–Trinajstić information content (AvgIpc) is 3.34. The van der Waals surface area contributed by atoms with Crippen LogP contribution >= 0.6 is 15.9 Å². The zero-order valence-electron chi connectivity index (χ0n) is 17.9. The molecule has 2 heterocycles. The number of H-pyrrole nitrogens is 1. The lowest BCUT2D eigenvalue weighted by atomic mass is 10.2. The monoisotopic (exact) mass is 474 g/mol. The molecule has 0 aliphatic rings. The molecule has 0 bridgehead atoms. The summed E-state index contributed by atoms with van der Waals surface area (Å²) in [5.41, 5.74) is 1.03. The summed E-state index contributed by atoms with van der Waals surface area (Å²) in [4.78, 5) is 26.4. The van der Waals surface area contributed by atoms with Gasteiger partial charge in [0.2, 0.25) is 5.89 Å². The van der Waals surface area contributed by atoms with Crippen molar-refractivity contribution in [2.75, 3.05) is 6.54 Å². The minimum Gasteiger partial charge on any atom is -0.444 e. The van der Waals surface area contributed by atoms with Crippen LogP contribution < -0.4 is 0 Å². The first-order valence-corrected chi connectivity index (χ1v) is 10.7. The van der Waals surface area contributed by atoms with Crippen molar-refractivity contribution < 1.29 is 13.9 Å². The molecule has 0 spiro atoms. The molecular formula is C22H27BrN4O3. The van der Waals surface area contributed by atoms with Crippen LogP contribution in [0.15, 0.2) is 45.5 Å². The number of rotatable bonds is 6. The van der Waals surface area contributed by atoms with Crippen LogP contribution in [0, 0.1) is 0 Å². The number of aromatic amines is 1. The van der Waals surface area contributed by atoms with Crippen LogP contribution in [0.2, 0.25) is 0 Å². The molecule has 1 atom stereocenters. The second-order valence-corrected chi connectivity index (χ2v) is 8.98. The van der Waals surface area contributed by atoms with Gasteiger partial charge in [-0.15, -0.1) is 0 Å². The maximum atomic E-state index is 12.7. The van der Waals surface area contributed by atoms with E-state index in [0.29, 0.717) is 29.7 Å². The molecule has 3 aromatic rings. The molecule has 160 valence electrons. The smallest absolute Gasteiger partial charge is 0.410 e. The summed E-state index contributed by atoms with van der Waals surface area (Å²) in [7, 11) is 0. The lowest BCUT2D eigenvalue weighted by Gasteiger charge is -2.30. The highest BCUT2D eigenvalue weighted by molar-refractivity contribution is 9.10. The van der Waals surface area contributed by atoms with Crippen molar-refractivity contribution >= 4 is 22.0 Å². The number of carbonyl (C=O) groups is 1. The second-order valence-electron chi connectivity index (χ2n) is 8.07. The van der Waals surface area contributed by atoms with Gasteiger partial charge in [-0.25, -0.2) is 14.8 Å². The number of carbonyl (C=O) groups excluding carboxylic acids is 1. The van der Waals surface area contributed by atoms with Gasteiger partial charge in [-0.2, -0.15) is 0 Å². The molecule has 0 radical (unpaired) electrons. The van der Waals surface area contributed by atoms with Gasteiger partial charge < -0.3 is 14.1 Å². The molecule has 3 rings (SSSR count). The van der Waals surface area contributed by atoms with Crippen molar-refractivity contribution in [3.63, 3.8) is 0 Å². The third-order valence-electron chi connectivity index (χ3n) is 4.42. The molecule has 0 saturated carbocycles. The fourth-order valence-corrected chi connectivity index (χ4v) is 3.22. The standard InChI is InChI=1S/C22H27BrN4O3/c1-6-11-27(21(28)30-22(3,4)5)14(2)19-24-12-17(26-19)20-25-13-18(29-20)15-7-9-16(23)10-8-15/h7-10,12-14H,6,11H2,1-5H3,(H,24,26)/t14-/m0/s1. The zero-order valence-corrected chi connectivity index (χ0v) is 19.5. The Morgan fingerprint density at radius 3 is 2.57 bits per heavy atom. The van der Waals surface area contributed by atoms with Gasteiger partial charge in [0, 0.05) is 16.6 Å². The number of nitrogens with zero attached hydrogens (tertiary/aromatic N) is 3. The number of hydrogen-bond donors (Lipinski definition) is 1. The van der Waals surface area contributed by atoms with Gasteiger partial charge >= 0.3 is 6.09 Å². The van der Waals surface area contributed by atoms with Gasteiger partial charge in [-0.3, -0.25) is 4.90 Å². The fraction of sp³-hybridized carbons (Fsp3) is 0.409. The summed E-state index contributed by atoms with van der Waals surface area (Å²) < 4.78 is 12.5. The molecule has 0 saturated heterocycles. The van der Waals surface area contributed by atoms with Crippen molar-refractivity contribution in [1.29, 1.82) is 0 Å². The van der Waals surface area contributed by atoms with Crippen LogP contribution in [0.3, 0.4) is 0 Å². The van der Waals surface area contributed by atoms with Crippen LogP contribution in [0.5, 0.6) is 0 Å². The van der Waals surface area contributed by atoms with Gasteiger partial charge in [0.25, 0.3) is 0 Å². The topological polar surface area (TPSA) is 84.2 Å². The van der Waals surface area contributed by atoms with Gasteiger partial charge in [0.05, 0.1) is 18.4 Å². The minimum atomic E-state index is -0.557. The molecule has 0 unspecified atom stereocenters. The summed E-state index contributed by atoms with van der Waals surface area (Å²) in [5, 5.41) is 0. The summed E-state index contributed by atoms with van der Waals surface area (Å²) in [6.07, 6.45) is 3.81. The van der Waals surface area contributed by atoms with Gasteiger partial charge in [-0.1, -0.05) is 35.0 Å². The Balaban J connectivity index is 1.79. The van der Waals surface area contributed by atoms with Crippen LogP contribution in [0.25, 0.3) is 22.9 Å². The van der Waals surface area contributed by atoms with E-state index in [1.165, 1.54) is 0 Å². The number of benzene rings is 1. The van der Waals surface area contributed by atoms with E-state index in [-0.39, 0.29) is 12.1 Å². The zero-order chi connectivity index (χ0) is 21.9. The van der Waals surface area contributed by atoms with Crippen LogP contribution in [-0.4, -0.2) is 38.1 Å². The maximum Gasteiger partial charge on any atom is 0.410 e. The molecule has 2 aromatic heterocycles. The number of ether oxygens (including phenoxy) is 1. The number of amides is 1. The first-order valence-electron chi connectivity index (χ1n) is 9.94. The quantitative estimate of drug-likeness (QED) is 0.459.